The fraction of sp³-hybridized carbons (Fsp3) is 0.643. The molecule has 0 aliphatic heterocycles. The molecule has 0 atom stereocenters. The maximum Gasteiger partial charge on any atom is 0.160 e. The first-order valence-electron chi connectivity index (χ1n) is 14.2. The van der Waals surface area contributed by atoms with Gasteiger partial charge in [0.25, 0.3) is 0 Å². The molecule has 0 aromatic carbocycles. The predicted molar refractivity (Wildman–Crippen MR) is 145 cm³/mol. The molecule has 3 fully saturated rings. The maximum absolute atomic E-state index is 5.09. The number of aromatic nitrogens is 6. The molecule has 3 heterocycles. The van der Waals surface area contributed by atoms with E-state index >= 15 is 0 Å². The molecule has 6 rings (SSSR count). The minimum absolute atomic E-state index is 0.00694. The van der Waals surface area contributed by atoms with Crippen LogP contribution in [0.2, 0.25) is 0 Å². The SMILES string of the molecule is [Cl][Mn][Cl].c1cn([C-](n2ccc(C3CCCCC3)n2)n2ccc(C3CCCCC3)n2)nc1C1CCCCC1. The number of nitrogens with zero attached hydrogens (tertiary/aromatic N) is 6. The fourth-order valence-corrected chi connectivity index (χ4v) is 6.51. The Bertz CT molecular complexity index is 942. The van der Waals surface area contributed by atoms with Crippen molar-refractivity contribution in [3.8, 4) is 0 Å². The molecule has 3 aliphatic carbocycles. The minimum atomic E-state index is 0.00694. The van der Waals surface area contributed by atoms with Gasteiger partial charge < -0.3 is 0 Å². The van der Waals surface area contributed by atoms with Crippen LogP contribution in [0.15, 0.2) is 36.8 Å². The third-order valence-electron chi connectivity index (χ3n) is 8.51. The van der Waals surface area contributed by atoms with E-state index in [1.807, 2.05) is 14.0 Å². The van der Waals surface area contributed by atoms with Crippen LogP contribution >= 0.6 is 20.2 Å². The molecule has 0 N–H and O–H groups in total. The van der Waals surface area contributed by atoms with Crippen LogP contribution in [0.4, 0.5) is 0 Å². The van der Waals surface area contributed by atoms with Gasteiger partial charge in [-0.25, -0.2) is 0 Å². The van der Waals surface area contributed by atoms with Crippen molar-refractivity contribution in [1.29, 1.82) is 0 Å². The van der Waals surface area contributed by atoms with Gasteiger partial charge >= 0.3 is 33.3 Å². The summed E-state index contributed by atoms with van der Waals surface area (Å²) in [5, 5.41) is 15.3. The molecule has 3 saturated carbocycles. The van der Waals surface area contributed by atoms with Crippen LogP contribution in [0.1, 0.15) is 131 Å². The molecule has 0 radical (unpaired) electrons. The summed E-state index contributed by atoms with van der Waals surface area (Å²) in [6.07, 6.45) is 26.8. The van der Waals surface area contributed by atoms with E-state index in [0.717, 1.165) is 6.29 Å². The number of hydrogen-bond donors (Lipinski definition) is 0. The smallest absolute Gasteiger partial charge is 0.160 e. The van der Waals surface area contributed by atoms with Crippen molar-refractivity contribution in [2.24, 2.45) is 0 Å². The monoisotopic (exact) mass is 584 g/mol. The van der Waals surface area contributed by atoms with Crippen LogP contribution in [0.3, 0.4) is 0 Å². The zero-order chi connectivity index (χ0) is 25.5. The van der Waals surface area contributed by atoms with Crippen molar-refractivity contribution in [3.05, 3.63) is 60.2 Å². The van der Waals surface area contributed by atoms with Crippen molar-refractivity contribution < 1.29 is 13.1 Å². The molecule has 203 valence electrons. The largest absolute Gasteiger partial charge is 0.286 e. The molecule has 3 aliphatic rings. The van der Waals surface area contributed by atoms with Gasteiger partial charge in [-0.2, -0.15) is 15.3 Å². The Morgan fingerprint density at radius 2 is 0.811 bits per heavy atom. The van der Waals surface area contributed by atoms with Crippen molar-refractivity contribution in [2.45, 2.75) is 114 Å². The van der Waals surface area contributed by atoms with Gasteiger partial charge in [0.1, 0.15) is 0 Å². The summed E-state index contributed by atoms with van der Waals surface area (Å²) in [7, 11) is 9.59. The van der Waals surface area contributed by atoms with Gasteiger partial charge in [-0.3, -0.25) is 14.0 Å². The van der Waals surface area contributed by atoms with E-state index < -0.39 is 0 Å². The Morgan fingerprint density at radius 3 is 1.08 bits per heavy atom. The van der Waals surface area contributed by atoms with Gasteiger partial charge in [-0.05, 0) is 57.1 Å². The average Bonchev–Trinajstić information content (AvgIpc) is 3.73. The second-order valence-electron chi connectivity index (χ2n) is 10.9. The Balaban J connectivity index is 0.000000892. The summed E-state index contributed by atoms with van der Waals surface area (Å²) in [4.78, 5) is 0. The van der Waals surface area contributed by atoms with Gasteiger partial charge in [0.05, 0.1) is 17.1 Å². The quantitative estimate of drug-likeness (QED) is 0.217. The van der Waals surface area contributed by atoms with Gasteiger partial charge in [-0.15, -0.1) is 0 Å². The van der Waals surface area contributed by atoms with Crippen molar-refractivity contribution in [2.75, 3.05) is 0 Å². The second kappa shape index (κ2) is 13.6. The third-order valence-corrected chi connectivity index (χ3v) is 8.51. The van der Waals surface area contributed by atoms with Gasteiger partial charge in [-0.1, -0.05) is 76.0 Å². The molecule has 3 aromatic heterocycles. The molecule has 0 spiro atoms. The first-order chi connectivity index (χ1) is 18.3. The Hall–Kier alpha value is -1.40. The van der Waals surface area contributed by atoms with Crippen molar-refractivity contribution in [3.63, 3.8) is 0 Å². The molecule has 0 unspecified atom stereocenters. The van der Waals surface area contributed by atoms with E-state index in [0.29, 0.717) is 17.8 Å². The van der Waals surface area contributed by atoms with Gasteiger partial charge in [0.15, 0.2) is 6.29 Å². The summed E-state index contributed by atoms with van der Waals surface area (Å²) in [5.41, 5.74) is 3.66. The van der Waals surface area contributed by atoms with Crippen LogP contribution in [0, 0.1) is 6.29 Å². The Kier molecular flexibility index (Phi) is 9.99. The average molecular weight is 586 g/mol. The molecular weight excluding hydrogens is 546 g/mol. The molecule has 9 heteroatoms. The van der Waals surface area contributed by atoms with E-state index in [9.17, 15) is 0 Å². The van der Waals surface area contributed by atoms with Crippen LogP contribution in [-0.4, -0.2) is 29.3 Å². The standard InChI is InChI=1S/C28H39N6.2ClH.Mn/c1-4-10-22(11-5-1)25-16-19-32(29-25)28(33-20-17-26(30-33)23-12-6-2-7-13-23)34-21-18-27(31-34)24-14-8-3-9-15-24;;;/h16-24H,1-15H2;2*1H;/q-1;;;+2/p-2. The minimum Gasteiger partial charge on any atom is -0.286 e. The first-order valence-corrected chi connectivity index (χ1v) is 17.4. The van der Waals surface area contributed by atoms with Gasteiger partial charge in [0, 0.05) is 17.8 Å². The summed E-state index contributed by atoms with van der Waals surface area (Å²) in [6.45, 7) is 0. The summed E-state index contributed by atoms with van der Waals surface area (Å²) < 4.78 is 6.04. The topological polar surface area (TPSA) is 53.5 Å². The summed E-state index contributed by atoms with van der Waals surface area (Å²) in [5.74, 6) is 1.76. The zero-order valence-corrected chi connectivity index (χ0v) is 24.3. The normalized spacial score (nSPS) is 19.9. The molecule has 0 amide bonds. The van der Waals surface area contributed by atoms with Crippen LogP contribution < -0.4 is 0 Å². The second-order valence-corrected chi connectivity index (χ2v) is 12.9. The van der Waals surface area contributed by atoms with E-state index in [1.165, 1.54) is 113 Å². The predicted octanol–water partition coefficient (Wildman–Crippen LogP) is 8.19. The van der Waals surface area contributed by atoms with Crippen LogP contribution in [-0.2, 0) is 13.1 Å². The zero-order valence-electron chi connectivity index (χ0n) is 21.6. The van der Waals surface area contributed by atoms with E-state index in [4.69, 9.17) is 35.5 Å². The number of rotatable bonds is 6. The van der Waals surface area contributed by atoms with E-state index in [-0.39, 0.29) is 13.1 Å². The molecule has 6 nitrogen and oxygen atoms in total. The summed E-state index contributed by atoms with van der Waals surface area (Å²) >= 11 is 0.00694. The Morgan fingerprint density at radius 1 is 0.541 bits per heavy atom. The van der Waals surface area contributed by atoms with Gasteiger partial charge in [0.2, 0.25) is 0 Å². The van der Waals surface area contributed by atoms with Crippen molar-refractivity contribution >= 4 is 20.2 Å². The third kappa shape index (κ3) is 6.79. The first kappa shape index (κ1) is 27.2. The fourth-order valence-electron chi connectivity index (χ4n) is 6.51. The molecule has 37 heavy (non-hydrogen) atoms. The number of halogens is 2. The molecular formula is C28H39Cl2MnN6-. The van der Waals surface area contributed by atoms with E-state index in [2.05, 4.69) is 36.8 Å². The number of hydrogen-bond acceptors (Lipinski definition) is 3. The van der Waals surface area contributed by atoms with Crippen molar-refractivity contribution in [1.82, 2.24) is 29.3 Å². The van der Waals surface area contributed by atoms with E-state index in [1.54, 1.807) is 0 Å². The maximum atomic E-state index is 5.09. The van der Waals surface area contributed by atoms with Crippen LogP contribution in [0.5, 0.6) is 0 Å². The molecule has 0 saturated heterocycles. The molecule has 3 aromatic rings. The molecule has 0 bridgehead atoms. The van der Waals surface area contributed by atoms with Crippen LogP contribution in [0.25, 0.3) is 0 Å². The summed E-state index contributed by atoms with van der Waals surface area (Å²) in [6, 6.07) is 6.65. The Labute approximate surface area is 236 Å².